The van der Waals surface area contributed by atoms with E-state index in [1.165, 1.54) is 0 Å². The summed E-state index contributed by atoms with van der Waals surface area (Å²) in [6.07, 6.45) is 3.42. The van der Waals surface area contributed by atoms with Crippen molar-refractivity contribution in [2.45, 2.75) is 0 Å². The molecule has 36 heavy (non-hydrogen) atoms. The largest absolute Gasteiger partial charge is 0.356 e. The number of aromatic nitrogens is 3. The number of nitrogens with one attached hydrogen (secondary N) is 2. The normalized spacial score (nSPS) is 14.4. The molecular weight excluding hydrogens is 452 g/mol. The summed E-state index contributed by atoms with van der Waals surface area (Å²) in [4.78, 5) is 21.9. The van der Waals surface area contributed by atoms with Crippen molar-refractivity contribution in [1.29, 1.82) is 5.26 Å². The van der Waals surface area contributed by atoms with Crippen LogP contribution in [0.3, 0.4) is 0 Å². The van der Waals surface area contributed by atoms with Crippen molar-refractivity contribution in [3.63, 3.8) is 0 Å². The number of likely N-dealkylation sites (N-methyl/N-ethyl adjacent to an activating group) is 1. The maximum absolute atomic E-state index is 12.8. The number of amides is 1. The fourth-order valence-corrected chi connectivity index (χ4v) is 4.26. The number of carbonyl (C=O) groups excluding carboxylic acids is 1. The number of anilines is 2. The van der Waals surface area contributed by atoms with Crippen LogP contribution in [0.2, 0.25) is 0 Å². The zero-order valence-electron chi connectivity index (χ0n) is 20.2. The number of nitrogens with zero attached hydrogens (tertiary/aromatic N) is 6. The third kappa shape index (κ3) is 5.35. The van der Waals surface area contributed by atoms with E-state index in [2.05, 4.69) is 43.6 Å². The Morgan fingerprint density at radius 2 is 1.81 bits per heavy atom. The molecule has 2 aromatic carbocycles. The van der Waals surface area contributed by atoms with Gasteiger partial charge in [-0.3, -0.25) is 9.69 Å². The van der Waals surface area contributed by atoms with Gasteiger partial charge in [-0.05, 0) is 61.6 Å². The third-order valence-corrected chi connectivity index (χ3v) is 6.40. The molecule has 0 radical (unpaired) electrons. The number of fused-ring (bicyclic) bond motifs is 1. The molecular formula is C27H28N8O. The number of hydrogen-bond acceptors (Lipinski definition) is 7. The average molecular weight is 481 g/mol. The Morgan fingerprint density at radius 1 is 1.03 bits per heavy atom. The second-order valence-corrected chi connectivity index (χ2v) is 8.95. The second kappa shape index (κ2) is 10.6. The standard InChI is InChI=1S/C27H28N8O/c1-33-12-14-34(15-13-33)11-10-30-27(36)21-8-9-29-26(17-21)35-25-7-6-24(16-22(25)19-31-35)32-23-4-2-20(18-28)3-5-23/h2-9,16-17,19,32H,10-15H2,1H3,(H,30,36). The predicted octanol–water partition coefficient (Wildman–Crippen LogP) is 3.01. The van der Waals surface area contributed by atoms with Crippen LogP contribution >= 0.6 is 0 Å². The van der Waals surface area contributed by atoms with Crippen LogP contribution in [0.4, 0.5) is 11.4 Å². The first-order valence-electron chi connectivity index (χ1n) is 12.0. The van der Waals surface area contributed by atoms with Crippen LogP contribution in [0.5, 0.6) is 0 Å². The van der Waals surface area contributed by atoms with E-state index in [0.29, 0.717) is 23.5 Å². The van der Waals surface area contributed by atoms with Gasteiger partial charge < -0.3 is 15.5 Å². The molecule has 4 aromatic rings. The van der Waals surface area contributed by atoms with Gasteiger partial charge in [-0.15, -0.1) is 0 Å². The minimum Gasteiger partial charge on any atom is -0.356 e. The van der Waals surface area contributed by atoms with Gasteiger partial charge in [0.05, 0.1) is 23.3 Å². The van der Waals surface area contributed by atoms with E-state index in [4.69, 9.17) is 5.26 Å². The molecule has 182 valence electrons. The van der Waals surface area contributed by atoms with Crippen LogP contribution in [0.15, 0.2) is 67.0 Å². The lowest BCUT2D eigenvalue weighted by Gasteiger charge is -2.32. The predicted molar refractivity (Wildman–Crippen MR) is 140 cm³/mol. The highest BCUT2D eigenvalue weighted by Crippen LogP contribution is 2.24. The number of carbonyl (C=O) groups is 1. The lowest BCUT2D eigenvalue weighted by atomic mass is 10.2. The van der Waals surface area contributed by atoms with E-state index in [0.717, 1.165) is 55.0 Å². The highest BCUT2D eigenvalue weighted by Gasteiger charge is 2.15. The Labute approximate surface area is 210 Å². The number of hydrogen-bond donors (Lipinski definition) is 2. The second-order valence-electron chi connectivity index (χ2n) is 8.95. The van der Waals surface area contributed by atoms with E-state index in [1.807, 2.05) is 30.3 Å². The monoisotopic (exact) mass is 480 g/mol. The van der Waals surface area contributed by atoms with E-state index < -0.39 is 0 Å². The van der Waals surface area contributed by atoms with Gasteiger partial charge in [-0.1, -0.05) is 0 Å². The van der Waals surface area contributed by atoms with Gasteiger partial charge in [0.25, 0.3) is 5.91 Å². The number of rotatable bonds is 7. The molecule has 9 heteroatoms. The minimum atomic E-state index is -0.113. The molecule has 1 fully saturated rings. The SMILES string of the molecule is CN1CCN(CCNC(=O)c2ccnc(-n3ncc4cc(Nc5ccc(C#N)cc5)ccc43)c2)CC1. The maximum Gasteiger partial charge on any atom is 0.251 e. The van der Waals surface area contributed by atoms with Crippen LogP contribution in [-0.4, -0.2) is 76.8 Å². The minimum absolute atomic E-state index is 0.113. The molecule has 0 aliphatic carbocycles. The van der Waals surface area contributed by atoms with Crippen molar-refractivity contribution in [1.82, 2.24) is 29.9 Å². The van der Waals surface area contributed by atoms with E-state index >= 15 is 0 Å². The van der Waals surface area contributed by atoms with Crippen LogP contribution in [0.1, 0.15) is 15.9 Å². The van der Waals surface area contributed by atoms with Crippen molar-refractivity contribution in [3.05, 3.63) is 78.1 Å². The zero-order valence-corrected chi connectivity index (χ0v) is 20.2. The first-order chi connectivity index (χ1) is 17.6. The van der Waals surface area contributed by atoms with Crippen molar-refractivity contribution in [2.24, 2.45) is 0 Å². The summed E-state index contributed by atoms with van der Waals surface area (Å²) in [5, 5.41) is 20.8. The summed E-state index contributed by atoms with van der Waals surface area (Å²) >= 11 is 0. The molecule has 1 saturated heterocycles. The number of benzene rings is 2. The Kier molecular flexibility index (Phi) is 6.89. The fourth-order valence-electron chi connectivity index (χ4n) is 4.26. The van der Waals surface area contributed by atoms with Crippen molar-refractivity contribution in [3.8, 4) is 11.9 Å². The van der Waals surface area contributed by atoms with E-state index in [1.54, 1.807) is 41.3 Å². The third-order valence-electron chi connectivity index (χ3n) is 6.40. The van der Waals surface area contributed by atoms with Gasteiger partial charge in [-0.2, -0.15) is 10.4 Å². The van der Waals surface area contributed by atoms with Crippen molar-refractivity contribution in [2.75, 3.05) is 51.6 Å². The molecule has 1 aliphatic heterocycles. The molecule has 2 N–H and O–H groups in total. The van der Waals surface area contributed by atoms with Gasteiger partial charge in [0.15, 0.2) is 5.82 Å². The molecule has 5 rings (SSSR count). The summed E-state index contributed by atoms with van der Waals surface area (Å²) < 4.78 is 1.74. The topological polar surface area (TPSA) is 102 Å². The quantitative estimate of drug-likeness (QED) is 0.419. The van der Waals surface area contributed by atoms with Gasteiger partial charge >= 0.3 is 0 Å². The molecule has 1 aliphatic rings. The molecule has 9 nitrogen and oxygen atoms in total. The molecule has 0 spiro atoms. The summed E-state index contributed by atoms with van der Waals surface area (Å²) in [7, 11) is 2.14. The average Bonchev–Trinajstić information content (AvgIpc) is 3.33. The summed E-state index contributed by atoms with van der Waals surface area (Å²) in [5.41, 5.74) is 3.87. The summed E-state index contributed by atoms with van der Waals surface area (Å²) in [6.45, 7) is 5.64. The van der Waals surface area contributed by atoms with Crippen LogP contribution < -0.4 is 10.6 Å². The van der Waals surface area contributed by atoms with E-state index in [9.17, 15) is 4.79 Å². The van der Waals surface area contributed by atoms with Gasteiger partial charge in [0.2, 0.25) is 0 Å². The Morgan fingerprint density at radius 3 is 2.58 bits per heavy atom. The molecule has 1 amide bonds. The van der Waals surface area contributed by atoms with Crippen LogP contribution in [-0.2, 0) is 0 Å². The van der Waals surface area contributed by atoms with E-state index in [-0.39, 0.29) is 5.91 Å². The van der Waals surface area contributed by atoms with Crippen molar-refractivity contribution >= 4 is 28.2 Å². The van der Waals surface area contributed by atoms with Crippen LogP contribution in [0, 0.1) is 11.3 Å². The molecule has 0 unspecified atom stereocenters. The lowest BCUT2D eigenvalue weighted by Crippen LogP contribution is -2.46. The van der Waals surface area contributed by atoms with Crippen LogP contribution in [0.25, 0.3) is 16.7 Å². The highest BCUT2D eigenvalue weighted by atomic mass is 16.1. The van der Waals surface area contributed by atoms with Gasteiger partial charge in [0.1, 0.15) is 0 Å². The number of pyridine rings is 1. The molecule has 3 heterocycles. The first kappa shape index (κ1) is 23.5. The number of piperazine rings is 1. The lowest BCUT2D eigenvalue weighted by molar-refractivity contribution is 0.0941. The summed E-state index contributed by atoms with van der Waals surface area (Å²) in [5.74, 6) is 0.475. The molecule has 0 atom stereocenters. The molecule has 0 bridgehead atoms. The maximum atomic E-state index is 12.8. The fraction of sp³-hybridized carbons (Fsp3) is 0.259. The first-order valence-corrected chi connectivity index (χ1v) is 12.0. The molecule has 0 saturated carbocycles. The van der Waals surface area contributed by atoms with Crippen molar-refractivity contribution < 1.29 is 4.79 Å². The Bertz CT molecular complexity index is 1400. The van der Waals surface area contributed by atoms with Gasteiger partial charge in [0, 0.05) is 67.8 Å². The summed E-state index contributed by atoms with van der Waals surface area (Å²) in [6, 6.07) is 18.9. The smallest absolute Gasteiger partial charge is 0.251 e. The van der Waals surface area contributed by atoms with Gasteiger partial charge in [-0.25, -0.2) is 9.67 Å². The Balaban J connectivity index is 1.25. The Hall–Kier alpha value is -4.26. The number of nitriles is 1. The molecule has 2 aromatic heterocycles. The zero-order chi connectivity index (χ0) is 24.9. The highest BCUT2D eigenvalue weighted by molar-refractivity contribution is 5.94.